The summed E-state index contributed by atoms with van der Waals surface area (Å²) < 4.78 is 5.69. The number of nitrogens with zero attached hydrogens (tertiary/aromatic N) is 4. The van der Waals surface area contributed by atoms with Gasteiger partial charge in [-0.05, 0) is 62.2 Å². The van der Waals surface area contributed by atoms with Gasteiger partial charge in [0.2, 0.25) is 0 Å². The third-order valence-corrected chi connectivity index (χ3v) is 6.07. The molecule has 0 bridgehead atoms. The van der Waals surface area contributed by atoms with Crippen molar-refractivity contribution in [2.45, 2.75) is 33.6 Å². The Kier molecular flexibility index (Phi) is 7.23. The van der Waals surface area contributed by atoms with Gasteiger partial charge in [-0.25, -0.2) is 0 Å². The van der Waals surface area contributed by atoms with Gasteiger partial charge in [0.1, 0.15) is 5.75 Å². The number of anilines is 1. The number of amides is 1. The molecule has 0 aliphatic carbocycles. The first kappa shape index (κ1) is 22.8. The first-order valence-electron chi connectivity index (χ1n) is 11.7. The standard InChI is InChI=1S/C27H32N4O2/c1-4-5-18-33-23-9-7-22(8-10-23)27(32)31-16-14-30(15-17-31)26-13-12-25(28-29-26)24-11-6-20(2)19-21(24)3/h6-13,19H,4-5,14-18H2,1-3H3. The summed E-state index contributed by atoms with van der Waals surface area (Å²) in [4.78, 5) is 17.0. The van der Waals surface area contributed by atoms with Crippen molar-refractivity contribution in [3.05, 3.63) is 71.3 Å². The minimum atomic E-state index is 0.0611. The number of ether oxygens (including phenoxy) is 1. The number of unbranched alkanes of at least 4 members (excludes halogenated alkanes) is 1. The number of piperazine rings is 1. The zero-order chi connectivity index (χ0) is 23.2. The zero-order valence-corrected chi connectivity index (χ0v) is 19.8. The van der Waals surface area contributed by atoms with E-state index >= 15 is 0 Å². The molecule has 0 atom stereocenters. The molecule has 1 aliphatic heterocycles. The zero-order valence-electron chi connectivity index (χ0n) is 19.8. The van der Waals surface area contributed by atoms with Crippen LogP contribution < -0.4 is 9.64 Å². The van der Waals surface area contributed by atoms with Crippen LogP contribution in [0.4, 0.5) is 5.82 Å². The molecule has 1 amide bonds. The monoisotopic (exact) mass is 444 g/mol. The van der Waals surface area contributed by atoms with Gasteiger partial charge in [-0.2, -0.15) is 0 Å². The second-order valence-electron chi connectivity index (χ2n) is 8.60. The van der Waals surface area contributed by atoms with Crippen LogP contribution in [0.5, 0.6) is 5.75 Å². The van der Waals surface area contributed by atoms with Crippen LogP contribution in [0.1, 0.15) is 41.3 Å². The lowest BCUT2D eigenvalue weighted by Crippen LogP contribution is -2.49. The average Bonchev–Trinajstić information content (AvgIpc) is 2.85. The second kappa shape index (κ2) is 10.5. The Hall–Kier alpha value is -3.41. The SMILES string of the molecule is CCCCOc1ccc(C(=O)N2CCN(c3ccc(-c4ccc(C)cc4C)nn3)CC2)cc1. The number of benzene rings is 2. The molecule has 0 saturated carbocycles. The molecule has 1 fully saturated rings. The molecule has 6 nitrogen and oxygen atoms in total. The summed E-state index contributed by atoms with van der Waals surface area (Å²) in [5.41, 5.74) is 5.13. The fraction of sp³-hybridized carbons (Fsp3) is 0.370. The van der Waals surface area contributed by atoms with Gasteiger partial charge in [0.05, 0.1) is 12.3 Å². The lowest BCUT2D eigenvalue weighted by molar-refractivity contribution is 0.0746. The van der Waals surface area contributed by atoms with E-state index in [0.717, 1.165) is 48.8 Å². The number of aromatic nitrogens is 2. The minimum absolute atomic E-state index is 0.0611. The number of carbonyl (C=O) groups excluding carboxylic acids is 1. The van der Waals surface area contributed by atoms with E-state index in [1.54, 1.807) is 0 Å². The largest absolute Gasteiger partial charge is 0.494 e. The van der Waals surface area contributed by atoms with Gasteiger partial charge in [0.15, 0.2) is 5.82 Å². The molecule has 2 heterocycles. The van der Waals surface area contributed by atoms with Gasteiger partial charge in [-0.3, -0.25) is 4.79 Å². The molecule has 2 aromatic carbocycles. The number of carbonyl (C=O) groups is 1. The highest BCUT2D eigenvalue weighted by molar-refractivity contribution is 5.94. The molecule has 0 unspecified atom stereocenters. The van der Waals surface area contributed by atoms with Crippen LogP contribution in [0.3, 0.4) is 0 Å². The van der Waals surface area contributed by atoms with Crippen molar-refractivity contribution in [2.75, 3.05) is 37.7 Å². The van der Waals surface area contributed by atoms with Crippen LogP contribution in [-0.4, -0.2) is 53.8 Å². The molecule has 1 saturated heterocycles. The summed E-state index contributed by atoms with van der Waals surface area (Å²) in [7, 11) is 0. The lowest BCUT2D eigenvalue weighted by atomic mass is 10.0. The summed E-state index contributed by atoms with van der Waals surface area (Å²) in [5.74, 6) is 1.72. The molecule has 33 heavy (non-hydrogen) atoms. The maximum absolute atomic E-state index is 12.9. The van der Waals surface area contributed by atoms with Crippen molar-refractivity contribution in [1.82, 2.24) is 15.1 Å². The van der Waals surface area contributed by atoms with Gasteiger partial charge >= 0.3 is 0 Å². The smallest absolute Gasteiger partial charge is 0.253 e. The highest BCUT2D eigenvalue weighted by Gasteiger charge is 2.23. The molecule has 0 radical (unpaired) electrons. The van der Waals surface area contributed by atoms with E-state index in [9.17, 15) is 4.79 Å². The number of hydrogen-bond acceptors (Lipinski definition) is 5. The Bertz CT molecular complexity index is 1070. The van der Waals surface area contributed by atoms with E-state index in [0.29, 0.717) is 25.3 Å². The fourth-order valence-electron chi connectivity index (χ4n) is 4.09. The molecule has 0 N–H and O–H groups in total. The Morgan fingerprint density at radius 2 is 1.70 bits per heavy atom. The Balaban J connectivity index is 1.33. The van der Waals surface area contributed by atoms with Crippen LogP contribution in [0, 0.1) is 13.8 Å². The van der Waals surface area contributed by atoms with Crippen molar-refractivity contribution in [2.24, 2.45) is 0 Å². The molecule has 1 aliphatic rings. The molecule has 0 spiro atoms. The lowest BCUT2D eigenvalue weighted by Gasteiger charge is -2.35. The second-order valence-corrected chi connectivity index (χ2v) is 8.60. The molecule has 4 rings (SSSR count). The van der Waals surface area contributed by atoms with E-state index in [-0.39, 0.29) is 5.91 Å². The van der Waals surface area contributed by atoms with Crippen LogP contribution in [0.2, 0.25) is 0 Å². The van der Waals surface area contributed by atoms with E-state index in [1.165, 1.54) is 11.1 Å². The molecule has 172 valence electrons. The van der Waals surface area contributed by atoms with E-state index in [2.05, 4.69) is 54.1 Å². The van der Waals surface area contributed by atoms with Gasteiger partial charge < -0.3 is 14.5 Å². The summed E-state index contributed by atoms with van der Waals surface area (Å²) in [6, 6.07) is 17.9. The normalized spacial score (nSPS) is 13.8. The Morgan fingerprint density at radius 3 is 2.33 bits per heavy atom. The highest BCUT2D eigenvalue weighted by Crippen LogP contribution is 2.24. The van der Waals surface area contributed by atoms with E-state index in [1.807, 2.05) is 41.3 Å². The Morgan fingerprint density at radius 1 is 0.939 bits per heavy atom. The van der Waals surface area contributed by atoms with Crippen molar-refractivity contribution in [3.63, 3.8) is 0 Å². The van der Waals surface area contributed by atoms with Crippen LogP contribution in [0.15, 0.2) is 54.6 Å². The molecular weight excluding hydrogens is 412 g/mol. The summed E-state index contributed by atoms with van der Waals surface area (Å²) >= 11 is 0. The fourth-order valence-corrected chi connectivity index (χ4v) is 4.09. The van der Waals surface area contributed by atoms with Crippen LogP contribution in [0.25, 0.3) is 11.3 Å². The van der Waals surface area contributed by atoms with Crippen LogP contribution >= 0.6 is 0 Å². The van der Waals surface area contributed by atoms with Crippen LogP contribution in [-0.2, 0) is 0 Å². The molecular formula is C27H32N4O2. The highest BCUT2D eigenvalue weighted by atomic mass is 16.5. The number of hydrogen-bond donors (Lipinski definition) is 0. The molecule has 6 heteroatoms. The Labute approximate surface area is 196 Å². The molecule has 3 aromatic rings. The average molecular weight is 445 g/mol. The predicted octanol–water partition coefficient (Wildman–Crippen LogP) is 4.90. The van der Waals surface area contributed by atoms with Gasteiger partial charge in [0, 0.05) is 37.3 Å². The van der Waals surface area contributed by atoms with Crippen molar-refractivity contribution >= 4 is 11.7 Å². The number of aryl methyl sites for hydroxylation is 2. The maximum Gasteiger partial charge on any atom is 0.253 e. The summed E-state index contributed by atoms with van der Waals surface area (Å²) in [6.45, 7) is 9.83. The van der Waals surface area contributed by atoms with Crippen molar-refractivity contribution in [1.29, 1.82) is 0 Å². The van der Waals surface area contributed by atoms with Crippen molar-refractivity contribution in [3.8, 4) is 17.0 Å². The summed E-state index contributed by atoms with van der Waals surface area (Å²) in [5, 5.41) is 8.94. The quantitative estimate of drug-likeness (QED) is 0.485. The molecule has 1 aromatic heterocycles. The first-order chi connectivity index (χ1) is 16.0. The number of rotatable bonds is 7. The van der Waals surface area contributed by atoms with Gasteiger partial charge in [0.25, 0.3) is 5.91 Å². The van der Waals surface area contributed by atoms with E-state index in [4.69, 9.17) is 4.74 Å². The van der Waals surface area contributed by atoms with E-state index < -0.39 is 0 Å². The van der Waals surface area contributed by atoms with Gasteiger partial charge in [-0.1, -0.05) is 37.1 Å². The topological polar surface area (TPSA) is 58.6 Å². The third-order valence-electron chi connectivity index (χ3n) is 6.07. The first-order valence-corrected chi connectivity index (χ1v) is 11.7. The third kappa shape index (κ3) is 5.51. The summed E-state index contributed by atoms with van der Waals surface area (Å²) in [6.07, 6.45) is 2.13. The predicted molar refractivity (Wildman–Crippen MR) is 132 cm³/mol. The van der Waals surface area contributed by atoms with Crippen molar-refractivity contribution < 1.29 is 9.53 Å². The van der Waals surface area contributed by atoms with Gasteiger partial charge in [-0.15, -0.1) is 10.2 Å². The maximum atomic E-state index is 12.9. The minimum Gasteiger partial charge on any atom is -0.494 e.